The second kappa shape index (κ2) is 3.95. The Labute approximate surface area is 81.0 Å². The molecule has 0 saturated carbocycles. The van der Waals surface area contributed by atoms with Gasteiger partial charge in [-0.05, 0) is 18.8 Å². The third-order valence-corrected chi connectivity index (χ3v) is 2.34. The summed E-state index contributed by atoms with van der Waals surface area (Å²) in [6.45, 7) is 12.1. The van der Waals surface area contributed by atoms with Gasteiger partial charge < -0.3 is 4.57 Å². The van der Waals surface area contributed by atoms with E-state index in [0.717, 1.165) is 6.54 Å². The summed E-state index contributed by atoms with van der Waals surface area (Å²) in [7, 11) is 0. The van der Waals surface area contributed by atoms with Crippen LogP contribution in [0.15, 0.2) is 6.33 Å². The van der Waals surface area contributed by atoms with Gasteiger partial charge in [0.1, 0.15) is 0 Å². The highest BCUT2D eigenvalue weighted by Gasteiger charge is 2.15. The molecule has 1 heterocycles. The van der Waals surface area contributed by atoms with Crippen molar-refractivity contribution >= 4 is 0 Å². The fourth-order valence-electron chi connectivity index (χ4n) is 1.73. The largest absolute Gasteiger partial charge is 0.334 e. The molecular formula is C11H20N2. The first-order chi connectivity index (χ1) is 6.07. The van der Waals surface area contributed by atoms with Gasteiger partial charge in [-0.15, -0.1) is 0 Å². The minimum absolute atomic E-state index is 0.533. The van der Waals surface area contributed by atoms with E-state index in [1.807, 2.05) is 6.33 Å². The molecule has 13 heavy (non-hydrogen) atoms. The third kappa shape index (κ3) is 1.93. The molecule has 0 bridgehead atoms. The minimum atomic E-state index is 0.533. The van der Waals surface area contributed by atoms with Crippen molar-refractivity contribution in [2.24, 2.45) is 0 Å². The standard InChI is InChI=1S/C11H20N2/c1-6-13-7-12-10(8(2)3)11(13)9(4)5/h7-9H,6H2,1-5H3. The van der Waals surface area contributed by atoms with Crippen LogP contribution in [0.2, 0.25) is 0 Å². The Kier molecular flexibility index (Phi) is 3.12. The van der Waals surface area contributed by atoms with E-state index in [9.17, 15) is 0 Å². The highest BCUT2D eigenvalue weighted by atomic mass is 15.1. The topological polar surface area (TPSA) is 17.8 Å². The zero-order valence-electron chi connectivity index (χ0n) is 9.33. The predicted octanol–water partition coefficient (Wildman–Crippen LogP) is 3.15. The Balaban J connectivity index is 3.14. The normalized spacial score (nSPS) is 11.6. The predicted molar refractivity (Wildman–Crippen MR) is 56.1 cm³/mol. The molecule has 0 aromatic carbocycles. The molecule has 0 aliphatic carbocycles. The van der Waals surface area contributed by atoms with Gasteiger partial charge >= 0.3 is 0 Å². The summed E-state index contributed by atoms with van der Waals surface area (Å²) in [6.07, 6.45) is 1.96. The van der Waals surface area contributed by atoms with Gasteiger partial charge in [-0.3, -0.25) is 0 Å². The van der Waals surface area contributed by atoms with Crippen molar-refractivity contribution in [1.29, 1.82) is 0 Å². The van der Waals surface area contributed by atoms with Crippen molar-refractivity contribution in [2.75, 3.05) is 0 Å². The molecule has 2 nitrogen and oxygen atoms in total. The molecule has 74 valence electrons. The van der Waals surface area contributed by atoms with Crippen LogP contribution in [0.3, 0.4) is 0 Å². The summed E-state index contributed by atoms with van der Waals surface area (Å²) < 4.78 is 2.25. The van der Waals surface area contributed by atoms with Crippen molar-refractivity contribution < 1.29 is 0 Å². The second-order valence-electron chi connectivity index (χ2n) is 4.11. The molecule has 1 aromatic rings. The first-order valence-electron chi connectivity index (χ1n) is 5.12. The van der Waals surface area contributed by atoms with E-state index in [1.165, 1.54) is 11.4 Å². The lowest BCUT2D eigenvalue weighted by Gasteiger charge is -2.12. The van der Waals surface area contributed by atoms with Crippen molar-refractivity contribution in [3.8, 4) is 0 Å². The highest BCUT2D eigenvalue weighted by molar-refractivity contribution is 5.20. The average molecular weight is 180 g/mol. The van der Waals surface area contributed by atoms with Crippen LogP contribution in [0.5, 0.6) is 0 Å². The van der Waals surface area contributed by atoms with Gasteiger partial charge in [0, 0.05) is 12.2 Å². The summed E-state index contributed by atoms with van der Waals surface area (Å²) in [4.78, 5) is 4.47. The molecule has 0 N–H and O–H groups in total. The number of hydrogen-bond donors (Lipinski definition) is 0. The van der Waals surface area contributed by atoms with Crippen molar-refractivity contribution in [3.05, 3.63) is 17.7 Å². The monoisotopic (exact) mass is 180 g/mol. The van der Waals surface area contributed by atoms with Crippen LogP contribution in [0.4, 0.5) is 0 Å². The molecular weight excluding hydrogens is 160 g/mol. The zero-order chi connectivity index (χ0) is 10.0. The first-order valence-corrected chi connectivity index (χ1v) is 5.12. The summed E-state index contributed by atoms with van der Waals surface area (Å²) in [5.41, 5.74) is 2.66. The molecule has 2 heteroatoms. The van der Waals surface area contributed by atoms with E-state index >= 15 is 0 Å². The van der Waals surface area contributed by atoms with Gasteiger partial charge in [0.15, 0.2) is 0 Å². The van der Waals surface area contributed by atoms with Crippen LogP contribution in [0, 0.1) is 0 Å². The van der Waals surface area contributed by atoms with Crippen LogP contribution >= 0.6 is 0 Å². The maximum absolute atomic E-state index is 4.47. The van der Waals surface area contributed by atoms with Crippen molar-refractivity contribution in [3.63, 3.8) is 0 Å². The van der Waals surface area contributed by atoms with E-state index in [4.69, 9.17) is 0 Å². The molecule has 0 aliphatic rings. The van der Waals surface area contributed by atoms with Crippen LogP contribution < -0.4 is 0 Å². The first kappa shape index (κ1) is 10.3. The van der Waals surface area contributed by atoms with Gasteiger partial charge in [-0.2, -0.15) is 0 Å². The fourth-order valence-corrected chi connectivity index (χ4v) is 1.73. The minimum Gasteiger partial charge on any atom is -0.334 e. The number of aromatic nitrogens is 2. The molecule has 0 saturated heterocycles. The SMILES string of the molecule is CCn1cnc(C(C)C)c1C(C)C. The number of hydrogen-bond acceptors (Lipinski definition) is 1. The molecule has 0 spiro atoms. The maximum atomic E-state index is 4.47. The summed E-state index contributed by atoms with van der Waals surface area (Å²) >= 11 is 0. The third-order valence-electron chi connectivity index (χ3n) is 2.34. The van der Waals surface area contributed by atoms with Crippen LogP contribution in [0.1, 0.15) is 57.8 Å². The fraction of sp³-hybridized carbons (Fsp3) is 0.727. The summed E-state index contributed by atoms with van der Waals surface area (Å²) in [5, 5.41) is 0. The van der Waals surface area contributed by atoms with E-state index in [2.05, 4.69) is 44.2 Å². The average Bonchev–Trinajstić information content (AvgIpc) is 2.46. The zero-order valence-corrected chi connectivity index (χ0v) is 9.33. The lowest BCUT2D eigenvalue weighted by molar-refractivity contribution is 0.656. The molecule has 0 fully saturated rings. The summed E-state index contributed by atoms with van der Waals surface area (Å²) in [6, 6.07) is 0. The Bertz CT molecular complexity index is 272. The molecule has 0 amide bonds. The van der Waals surface area contributed by atoms with Gasteiger partial charge in [0.25, 0.3) is 0 Å². The molecule has 0 unspecified atom stereocenters. The lowest BCUT2D eigenvalue weighted by atomic mass is 10.0. The van der Waals surface area contributed by atoms with E-state index < -0.39 is 0 Å². The van der Waals surface area contributed by atoms with Gasteiger partial charge in [-0.25, -0.2) is 4.98 Å². The number of nitrogens with zero attached hydrogens (tertiary/aromatic N) is 2. The number of imidazole rings is 1. The Morgan fingerprint density at radius 3 is 2.23 bits per heavy atom. The molecule has 0 atom stereocenters. The highest BCUT2D eigenvalue weighted by Crippen LogP contribution is 2.24. The smallest absolute Gasteiger partial charge is 0.0951 e. The van der Waals surface area contributed by atoms with E-state index in [0.29, 0.717) is 11.8 Å². The van der Waals surface area contributed by atoms with Crippen molar-refractivity contribution in [2.45, 2.75) is 53.0 Å². The number of aryl methyl sites for hydroxylation is 1. The second-order valence-corrected chi connectivity index (χ2v) is 4.11. The van der Waals surface area contributed by atoms with E-state index in [-0.39, 0.29) is 0 Å². The molecule has 1 aromatic heterocycles. The molecule has 0 aliphatic heterocycles. The lowest BCUT2D eigenvalue weighted by Crippen LogP contribution is -2.04. The Morgan fingerprint density at radius 1 is 1.23 bits per heavy atom. The van der Waals surface area contributed by atoms with E-state index in [1.54, 1.807) is 0 Å². The number of rotatable bonds is 3. The Morgan fingerprint density at radius 2 is 1.85 bits per heavy atom. The van der Waals surface area contributed by atoms with Gasteiger partial charge in [-0.1, -0.05) is 27.7 Å². The van der Waals surface area contributed by atoms with Crippen LogP contribution in [0.25, 0.3) is 0 Å². The van der Waals surface area contributed by atoms with Crippen molar-refractivity contribution in [1.82, 2.24) is 9.55 Å². The maximum Gasteiger partial charge on any atom is 0.0951 e. The quantitative estimate of drug-likeness (QED) is 0.698. The summed E-state index contributed by atoms with van der Waals surface area (Å²) in [5.74, 6) is 1.10. The molecule has 1 rings (SSSR count). The van der Waals surface area contributed by atoms with Gasteiger partial charge in [0.2, 0.25) is 0 Å². The van der Waals surface area contributed by atoms with Crippen LogP contribution in [-0.4, -0.2) is 9.55 Å². The van der Waals surface area contributed by atoms with Crippen LogP contribution in [-0.2, 0) is 6.54 Å². The Hall–Kier alpha value is -0.790. The van der Waals surface area contributed by atoms with Gasteiger partial charge in [0.05, 0.1) is 12.0 Å². The molecule has 0 radical (unpaired) electrons.